The van der Waals surface area contributed by atoms with Crippen molar-refractivity contribution in [1.82, 2.24) is 0 Å². The van der Waals surface area contributed by atoms with Gasteiger partial charge in [0, 0.05) is 0 Å². The lowest BCUT2D eigenvalue weighted by Crippen LogP contribution is -2.63. The number of benzene rings is 3. The molecule has 0 amide bonds. The molecule has 1 saturated heterocycles. The minimum atomic E-state index is -1.18. The van der Waals surface area contributed by atoms with E-state index in [9.17, 15) is 5.11 Å². The largest absolute Gasteiger partial charge is 0.374 e. The summed E-state index contributed by atoms with van der Waals surface area (Å²) in [5.41, 5.74) is 9.64. The van der Waals surface area contributed by atoms with E-state index in [4.69, 9.17) is 24.7 Å². The number of hydrogen-bond donors (Lipinski definition) is 2. The quantitative estimate of drug-likeness (QED) is 0.494. The highest BCUT2D eigenvalue weighted by molar-refractivity contribution is 5.15. The third kappa shape index (κ3) is 6.71. The monoisotopic (exact) mass is 449 g/mol. The molecule has 1 fully saturated rings. The van der Waals surface area contributed by atoms with Gasteiger partial charge in [0.05, 0.1) is 32.5 Å². The lowest BCUT2D eigenvalue weighted by Gasteiger charge is -2.43. The molecule has 33 heavy (non-hydrogen) atoms. The molecule has 0 aliphatic carbocycles. The number of nitrogens with two attached hydrogens (primary N) is 1. The second-order valence-electron chi connectivity index (χ2n) is 8.17. The van der Waals surface area contributed by atoms with Crippen molar-refractivity contribution in [2.75, 3.05) is 6.61 Å². The predicted octanol–water partition coefficient (Wildman–Crippen LogP) is 3.42. The van der Waals surface area contributed by atoms with Crippen LogP contribution in [0.1, 0.15) is 16.7 Å². The van der Waals surface area contributed by atoms with Crippen molar-refractivity contribution in [3.63, 3.8) is 0 Å². The van der Waals surface area contributed by atoms with Gasteiger partial charge in [-0.1, -0.05) is 91.0 Å². The molecule has 0 saturated carbocycles. The van der Waals surface area contributed by atoms with Crippen LogP contribution < -0.4 is 5.73 Å². The summed E-state index contributed by atoms with van der Waals surface area (Å²) in [7, 11) is 0. The first-order chi connectivity index (χ1) is 16.2. The molecule has 1 aliphatic rings. The lowest BCUT2D eigenvalue weighted by atomic mass is 9.96. The average Bonchev–Trinajstić information content (AvgIpc) is 2.86. The van der Waals surface area contributed by atoms with Crippen molar-refractivity contribution >= 4 is 0 Å². The minimum Gasteiger partial charge on any atom is -0.374 e. The highest BCUT2D eigenvalue weighted by atomic mass is 16.7. The van der Waals surface area contributed by atoms with Crippen LogP contribution >= 0.6 is 0 Å². The highest BCUT2D eigenvalue weighted by Gasteiger charge is 2.45. The molecule has 3 aromatic rings. The molecule has 3 N–H and O–H groups in total. The van der Waals surface area contributed by atoms with Crippen LogP contribution in [0.4, 0.5) is 0 Å². The summed E-state index contributed by atoms with van der Waals surface area (Å²) < 4.78 is 23.9. The molecule has 1 aliphatic heterocycles. The van der Waals surface area contributed by atoms with E-state index in [2.05, 4.69) is 0 Å². The zero-order valence-corrected chi connectivity index (χ0v) is 18.5. The maximum Gasteiger partial charge on any atom is 0.184 e. The van der Waals surface area contributed by atoms with Gasteiger partial charge >= 0.3 is 0 Å². The van der Waals surface area contributed by atoms with Crippen LogP contribution in [-0.2, 0) is 38.8 Å². The summed E-state index contributed by atoms with van der Waals surface area (Å²) in [6.07, 6.45) is -3.00. The predicted molar refractivity (Wildman–Crippen MR) is 125 cm³/mol. The molecular formula is C27H31NO5. The summed E-state index contributed by atoms with van der Waals surface area (Å²) in [5, 5.41) is 10.8. The van der Waals surface area contributed by atoms with E-state index in [0.29, 0.717) is 19.8 Å². The first-order valence-electron chi connectivity index (χ1n) is 11.2. The zero-order chi connectivity index (χ0) is 22.9. The van der Waals surface area contributed by atoms with Crippen LogP contribution in [0.3, 0.4) is 0 Å². The number of aliphatic hydroxyl groups is 1. The molecule has 0 spiro atoms. The molecule has 4 rings (SSSR count). The Balaban J connectivity index is 1.41. The van der Waals surface area contributed by atoms with Gasteiger partial charge in [0.15, 0.2) is 6.29 Å². The Morgan fingerprint density at radius 1 is 0.667 bits per heavy atom. The maximum atomic E-state index is 10.8. The SMILES string of the molecule is N[C@@H]1[C@H](OCc2ccccc2)[C@@H](OCc2ccccc2)[C@@H](O)O[C@@H]1COCc1ccccc1. The third-order valence-electron chi connectivity index (χ3n) is 5.69. The Hall–Kier alpha value is -2.58. The Morgan fingerprint density at radius 3 is 1.64 bits per heavy atom. The molecule has 3 aromatic carbocycles. The molecule has 1 heterocycles. The van der Waals surface area contributed by atoms with E-state index in [0.717, 1.165) is 16.7 Å². The first kappa shape index (κ1) is 23.6. The van der Waals surface area contributed by atoms with Crippen molar-refractivity contribution in [2.24, 2.45) is 5.73 Å². The molecule has 0 aromatic heterocycles. The Bertz CT molecular complexity index is 941. The number of aliphatic hydroxyl groups excluding tert-OH is 1. The van der Waals surface area contributed by atoms with Gasteiger partial charge in [-0.25, -0.2) is 0 Å². The topological polar surface area (TPSA) is 83.2 Å². The van der Waals surface area contributed by atoms with Crippen molar-refractivity contribution < 1.29 is 24.1 Å². The molecule has 6 heteroatoms. The van der Waals surface area contributed by atoms with Crippen molar-refractivity contribution in [2.45, 2.75) is 50.5 Å². The second-order valence-corrected chi connectivity index (χ2v) is 8.17. The van der Waals surface area contributed by atoms with Gasteiger partial charge in [0.2, 0.25) is 0 Å². The van der Waals surface area contributed by atoms with E-state index in [1.807, 2.05) is 91.0 Å². The standard InChI is InChI=1S/C27H31NO5/c28-24-23(19-30-16-20-10-4-1-5-11-20)33-27(29)26(32-18-22-14-8-3-9-15-22)25(24)31-17-21-12-6-2-7-13-21/h1-15,23-27,29H,16-19,28H2/t23-,24+,25+,26-,27+/m1/s1. The van der Waals surface area contributed by atoms with E-state index < -0.39 is 30.6 Å². The number of rotatable bonds is 10. The summed E-state index contributed by atoms with van der Waals surface area (Å²) in [6, 6.07) is 29.0. The second kappa shape index (κ2) is 12.0. The van der Waals surface area contributed by atoms with Crippen molar-refractivity contribution in [3.8, 4) is 0 Å². The lowest BCUT2D eigenvalue weighted by molar-refractivity contribution is -0.283. The molecule has 0 bridgehead atoms. The fourth-order valence-corrected chi connectivity index (χ4v) is 3.87. The Kier molecular flexibility index (Phi) is 8.60. The van der Waals surface area contributed by atoms with Crippen molar-refractivity contribution in [1.29, 1.82) is 0 Å². The van der Waals surface area contributed by atoms with Crippen LogP contribution in [0.25, 0.3) is 0 Å². The summed E-state index contributed by atoms with van der Waals surface area (Å²) in [5.74, 6) is 0. The first-order valence-corrected chi connectivity index (χ1v) is 11.2. The van der Waals surface area contributed by atoms with Crippen LogP contribution in [0.2, 0.25) is 0 Å². The highest BCUT2D eigenvalue weighted by Crippen LogP contribution is 2.26. The van der Waals surface area contributed by atoms with Gasteiger partial charge in [0.1, 0.15) is 18.3 Å². The van der Waals surface area contributed by atoms with Crippen LogP contribution in [0, 0.1) is 0 Å². The fraction of sp³-hybridized carbons (Fsp3) is 0.333. The average molecular weight is 450 g/mol. The number of hydrogen-bond acceptors (Lipinski definition) is 6. The zero-order valence-electron chi connectivity index (χ0n) is 18.5. The number of ether oxygens (including phenoxy) is 4. The molecule has 0 radical (unpaired) electrons. The van der Waals surface area contributed by atoms with Gasteiger partial charge < -0.3 is 29.8 Å². The van der Waals surface area contributed by atoms with E-state index in [1.54, 1.807) is 0 Å². The van der Waals surface area contributed by atoms with Gasteiger partial charge in [-0.05, 0) is 16.7 Å². The van der Waals surface area contributed by atoms with E-state index in [-0.39, 0.29) is 6.61 Å². The van der Waals surface area contributed by atoms with E-state index >= 15 is 0 Å². The van der Waals surface area contributed by atoms with Gasteiger partial charge in [-0.3, -0.25) is 0 Å². The maximum absolute atomic E-state index is 10.8. The Morgan fingerprint density at radius 2 is 1.12 bits per heavy atom. The molecule has 174 valence electrons. The van der Waals surface area contributed by atoms with Gasteiger partial charge in [0.25, 0.3) is 0 Å². The van der Waals surface area contributed by atoms with Crippen molar-refractivity contribution in [3.05, 3.63) is 108 Å². The van der Waals surface area contributed by atoms with Gasteiger partial charge in [-0.2, -0.15) is 0 Å². The molecular weight excluding hydrogens is 418 g/mol. The smallest absolute Gasteiger partial charge is 0.184 e. The van der Waals surface area contributed by atoms with Crippen LogP contribution in [0.15, 0.2) is 91.0 Å². The third-order valence-corrected chi connectivity index (χ3v) is 5.69. The summed E-state index contributed by atoms with van der Waals surface area (Å²) in [6.45, 7) is 1.35. The normalized spacial score (nSPS) is 25.1. The summed E-state index contributed by atoms with van der Waals surface area (Å²) >= 11 is 0. The Labute approximate surface area is 194 Å². The minimum absolute atomic E-state index is 0.240. The van der Waals surface area contributed by atoms with E-state index in [1.165, 1.54) is 0 Å². The molecule has 0 unspecified atom stereocenters. The molecule has 5 atom stereocenters. The summed E-state index contributed by atoms with van der Waals surface area (Å²) in [4.78, 5) is 0. The fourth-order valence-electron chi connectivity index (χ4n) is 3.87. The molecule has 6 nitrogen and oxygen atoms in total. The van der Waals surface area contributed by atoms with Crippen LogP contribution in [-0.4, -0.2) is 42.4 Å². The van der Waals surface area contributed by atoms with Crippen LogP contribution in [0.5, 0.6) is 0 Å². The van der Waals surface area contributed by atoms with Gasteiger partial charge in [-0.15, -0.1) is 0 Å².